The number of hydrogen-bond donors (Lipinski definition) is 1. The van der Waals surface area contributed by atoms with Gasteiger partial charge in [0, 0.05) is 38.8 Å². The number of nitrogens with zero attached hydrogens (tertiary/aromatic N) is 2. The van der Waals surface area contributed by atoms with E-state index in [1.165, 1.54) is 5.56 Å². The molecule has 1 fully saturated rings. The molecular formula is C16H25ClN2O2. The Kier molecular flexibility index (Phi) is 5.88. The van der Waals surface area contributed by atoms with Crippen molar-refractivity contribution < 1.29 is 9.84 Å². The first kappa shape index (κ1) is 16.6. The van der Waals surface area contributed by atoms with Gasteiger partial charge in [-0.15, -0.1) is 0 Å². The molecule has 4 nitrogen and oxygen atoms in total. The van der Waals surface area contributed by atoms with Gasteiger partial charge in [-0.2, -0.15) is 0 Å². The monoisotopic (exact) mass is 312 g/mol. The van der Waals surface area contributed by atoms with E-state index in [0.29, 0.717) is 11.1 Å². The van der Waals surface area contributed by atoms with Crippen LogP contribution in [-0.2, 0) is 0 Å². The number of benzene rings is 1. The van der Waals surface area contributed by atoms with Gasteiger partial charge in [-0.25, -0.2) is 0 Å². The van der Waals surface area contributed by atoms with Gasteiger partial charge in [-0.1, -0.05) is 17.7 Å². The number of aliphatic hydroxyl groups excluding tert-OH is 1. The van der Waals surface area contributed by atoms with Crippen molar-refractivity contribution in [3.63, 3.8) is 0 Å². The van der Waals surface area contributed by atoms with E-state index < -0.39 is 0 Å². The van der Waals surface area contributed by atoms with E-state index in [1.807, 2.05) is 19.1 Å². The molecule has 2 rings (SSSR count). The second kappa shape index (κ2) is 7.45. The summed E-state index contributed by atoms with van der Waals surface area (Å²) in [5.74, 6) is 0.717. The standard InChI is InChI=1S/C16H25ClN2O2/c1-12(20)11-18-6-8-19(9-7-18)13(2)14-4-5-16(21-3)15(17)10-14/h4-5,10,12-13,20H,6-9,11H2,1-3H3/t12-,13+/m1/s1. The number of methoxy groups -OCH3 is 1. The number of piperazine rings is 1. The Bertz CT molecular complexity index is 460. The van der Waals surface area contributed by atoms with Crippen LogP contribution in [0.4, 0.5) is 0 Å². The predicted molar refractivity (Wildman–Crippen MR) is 86.1 cm³/mol. The average molecular weight is 313 g/mol. The lowest BCUT2D eigenvalue weighted by Crippen LogP contribution is -2.48. The molecule has 118 valence electrons. The molecule has 0 unspecified atom stereocenters. The smallest absolute Gasteiger partial charge is 0.137 e. The first-order chi connectivity index (χ1) is 10.0. The van der Waals surface area contributed by atoms with Crippen molar-refractivity contribution in [3.05, 3.63) is 28.8 Å². The molecule has 1 aliphatic heterocycles. The van der Waals surface area contributed by atoms with Crippen molar-refractivity contribution in [2.24, 2.45) is 0 Å². The molecule has 1 N–H and O–H groups in total. The fourth-order valence-corrected chi connectivity index (χ4v) is 3.13. The Morgan fingerprint density at radius 2 is 1.90 bits per heavy atom. The van der Waals surface area contributed by atoms with Crippen LogP contribution in [0, 0.1) is 0 Å². The van der Waals surface area contributed by atoms with Crippen LogP contribution >= 0.6 is 11.6 Å². The van der Waals surface area contributed by atoms with Gasteiger partial charge < -0.3 is 9.84 Å². The summed E-state index contributed by atoms with van der Waals surface area (Å²) in [5, 5.41) is 10.1. The zero-order valence-corrected chi connectivity index (χ0v) is 13.8. The van der Waals surface area contributed by atoms with Crippen LogP contribution < -0.4 is 4.74 Å². The Balaban J connectivity index is 1.95. The summed E-state index contributed by atoms with van der Waals surface area (Å²) in [6, 6.07) is 6.34. The molecule has 0 radical (unpaired) electrons. The maximum Gasteiger partial charge on any atom is 0.137 e. The number of ether oxygens (including phenoxy) is 1. The lowest BCUT2D eigenvalue weighted by molar-refractivity contribution is 0.0655. The molecule has 0 aliphatic carbocycles. The molecule has 1 heterocycles. The van der Waals surface area contributed by atoms with Crippen molar-refractivity contribution in [3.8, 4) is 5.75 Å². The Hall–Kier alpha value is -0.810. The van der Waals surface area contributed by atoms with Crippen molar-refractivity contribution in [2.45, 2.75) is 26.0 Å². The third-order valence-electron chi connectivity index (χ3n) is 4.14. The van der Waals surface area contributed by atoms with E-state index in [9.17, 15) is 5.11 Å². The summed E-state index contributed by atoms with van der Waals surface area (Å²) < 4.78 is 5.20. The largest absolute Gasteiger partial charge is 0.495 e. The highest BCUT2D eigenvalue weighted by molar-refractivity contribution is 6.32. The highest BCUT2D eigenvalue weighted by Gasteiger charge is 2.23. The Morgan fingerprint density at radius 3 is 2.43 bits per heavy atom. The first-order valence-corrected chi connectivity index (χ1v) is 7.87. The molecular weight excluding hydrogens is 288 g/mol. The third kappa shape index (κ3) is 4.33. The quantitative estimate of drug-likeness (QED) is 0.906. The van der Waals surface area contributed by atoms with E-state index in [4.69, 9.17) is 16.3 Å². The molecule has 0 aromatic heterocycles. The maximum absolute atomic E-state index is 9.46. The minimum atomic E-state index is -0.255. The van der Waals surface area contributed by atoms with Gasteiger partial charge in [0.2, 0.25) is 0 Å². The zero-order valence-electron chi connectivity index (χ0n) is 13.1. The van der Waals surface area contributed by atoms with E-state index in [0.717, 1.165) is 38.5 Å². The Labute approximate surface area is 132 Å². The SMILES string of the molecule is COc1ccc([C@H](C)N2CCN(C[C@@H](C)O)CC2)cc1Cl. The second-order valence-electron chi connectivity index (χ2n) is 5.76. The van der Waals surface area contributed by atoms with Crippen LogP contribution in [0.1, 0.15) is 25.5 Å². The highest BCUT2D eigenvalue weighted by Crippen LogP contribution is 2.30. The minimum Gasteiger partial charge on any atom is -0.495 e. The van der Waals surface area contributed by atoms with Gasteiger partial charge in [0.25, 0.3) is 0 Å². The van der Waals surface area contributed by atoms with Crippen molar-refractivity contribution in [2.75, 3.05) is 39.8 Å². The van der Waals surface area contributed by atoms with Gasteiger partial charge in [-0.05, 0) is 31.5 Å². The summed E-state index contributed by atoms with van der Waals surface area (Å²) in [5.41, 5.74) is 1.21. The van der Waals surface area contributed by atoms with Gasteiger partial charge in [-0.3, -0.25) is 9.80 Å². The number of rotatable bonds is 5. The topological polar surface area (TPSA) is 35.9 Å². The van der Waals surface area contributed by atoms with Crippen LogP contribution in [0.2, 0.25) is 5.02 Å². The van der Waals surface area contributed by atoms with Crippen LogP contribution in [0.3, 0.4) is 0 Å². The lowest BCUT2D eigenvalue weighted by atomic mass is 10.1. The molecule has 0 bridgehead atoms. The molecule has 21 heavy (non-hydrogen) atoms. The van der Waals surface area contributed by atoms with Crippen molar-refractivity contribution in [1.29, 1.82) is 0 Å². The van der Waals surface area contributed by atoms with Crippen LogP contribution in [0.25, 0.3) is 0 Å². The summed E-state index contributed by atoms with van der Waals surface area (Å²) in [7, 11) is 1.63. The molecule has 0 amide bonds. The fourth-order valence-electron chi connectivity index (χ4n) is 2.86. The second-order valence-corrected chi connectivity index (χ2v) is 6.16. The third-order valence-corrected chi connectivity index (χ3v) is 4.43. The number of hydrogen-bond acceptors (Lipinski definition) is 4. The molecule has 1 aromatic carbocycles. The van der Waals surface area contributed by atoms with Crippen LogP contribution in [0.5, 0.6) is 5.75 Å². The molecule has 0 saturated carbocycles. The van der Waals surface area contributed by atoms with Crippen LogP contribution in [-0.4, -0.2) is 60.8 Å². The summed E-state index contributed by atoms with van der Waals surface area (Å²) >= 11 is 6.21. The van der Waals surface area contributed by atoms with Gasteiger partial charge in [0.15, 0.2) is 0 Å². The molecule has 0 spiro atoms. The fraction of sp³-hybridized carbons (Fsp3) is 0.625. The minimum absolute atomic E-state index is 0.255. The van der Waals surface area contributed by atoms with Crippen molar-refractivity contribution >= 4 is 11.6 Å². The zero-order chi connectivity index (χ0) is 15.4. The van der Waals surface area contributed by atoms with E-state index in [-0.39, 0.29) is 6.10 Å². The van der Waals surface area contributed by atoms with Crippen molar-refractivity contribution in [1.82, 2.24) is 9.80 Å². The molecule has 1 aliphatic rings. The summed E-state index contributed by atoms with van der Waals surface area (Å²) in [6.07, 6.45) is -0.255. The first-order valence-electron chi connectivity index (χ1n) is 7.49. The van der Waals surface area contributed by atoms with E-state index in [1.54, 1.807) is 7.11 Å². The molecule has 2 atom stereocenters. The summed E-state index contributed by atoms with van der Waals surface area (Å²) in [6.45, 7) is 8.83. The molecule has 5 heteroatoms. The molecule has 1 aromatic rings. The lowest BCUT2D eigenvalue weighted by Gasteiger charge is -2.38. The highest BCUT2D eigenvalue weighted by atomic mass is 35.5. The Morgan fingerprint density at radius 1 is 1.24 bits per heavy atom. The number of aliphatic hydroxyl groups is 1. The van der Waals surface area contributed by atoms with Crippen LogP contribution in [0.15, 0.2) is 18.2 Å². The maximum atomic E-state index is 9.46. The van der Waals surface area contributed by atoms with E-state index in [2.05, 4.69) is 22.8 Å². The number of halogens is 1. The summed E-state index contributed by atoms with van der Waals surface area (Å²) in [4.78, 5) is 4.77. The normalized spacial score (nSPS) is 20.2. The molecule has 1 saturated heterocycles. The van der Waals surface area contributed by atoms with Gasteiger partial charge >= 0.3 is 0 Å². The predicted octanol–water partition coefficient (Wildman–Crippen LogP) is 2.41. The van der Waals surface area contributed by atoms with Gasteiger partial charge in [0.05, 0.1) is 18.2 Å². The van der Waals surface area contributed by atoms with Gasteiger partial charge in [0.1, 0.15) is 5.75 Å². The van der Waals surface area contributed by atoms with E-state index >= 15 is 0 Å². The average Bonchev–Trinajstić information content (AvgIpc) is 2.46. The number of β-amino-alcohol motifs (C(OH)–C–C–N with tert-alkyl or cyclic N) is 1.